The molecule has 3 aromatic rings. The summed E-state index contributed by atoms with van der Waals surface area (Å²) in [7, 11) is -5.81. The number of likely N-dealkylation sites (tertiary alicyclic amines) is 1. The van der Waals surface area contributed by atoms with E-state index in [1.54, 1.807) is 4.90 Å². The van der Waals surface area contributed by atoms with Gasteiger partial charge in [-0.3, -0.25) is 23.7 Å². The maximum atomic E-state index is 14.4. The minimum absolute atomic E-state index is 0.0499. The Hall–Kier alpha value is -4.22. The summed E-state index contributed by atoms with van der Waals surface area (Å²) >= 11 is 0.939. The summed E-state index contributed by atoms with van der Waals surface area (Å²) in [6.07, 6.45) is 1.34. The summed E-state index contributed by atoms with van der Waals surface area (Å²) < 4.78 is 40.5. The molecule has 16 heteroatoms. The van der Waals surface area contributed by atoms with E-state index >= 15 is 0 Å². The van der Waals surface area contributed by atoms with Crippen LogP contribution < -0.4 is 5.32 Å². The fourth-order valence-corrected chi connectivity index (χ4v) is 8.81. The van der Waals surface area contributed by atoms with Crippen LogP contribution in [0, 0.1) is 6.57 Å². The van der Waals surface area contributed by atoms with Crippen molar-refractivity contribution in [3.8, 4) is 0 Å². The molecule has 3 aliphatic heterocycles. The van der Waals surface area contributed by atoms with Gasteiger partial charge in [0.15, 0.2) is 0 Å². The molecule has 1 aromatic heterocycles. The molecule has 5 atom stereocenters. The number of carbonyl (C=O) groups excluding carboxylic acids is 4. The molecule has 0 unspecified atom stereocenters. The van der Waals surface area contributed by atoms with Gasteiger partial charge in [0.05, 0.1) is 16.8 Å². The monoisotopic (exact) mass is 727 g/mol. The van der Waals surface area contributed by atoms with E-state index in [9.17, 15) is 32.5 Å². The second-order valence-corrected chi connectivity index (χ2v) is 16.1. The topological polar surface area (TPSA) is 152 Å². The first-order valence-electron chi connectivity index (χ1n) is 16.1. The molecule has 50 heavy (non-hydrogen) atoms. The van der Waals surface area contributed by atoms with Crippen molar-refractivity contribution in [3.63, 3.8) is 0 Å². The largest absolute Gasteiger partial charge is 0.399 e. The fourth-order valence-electron chi connectivity index (χ4n) is 7.39. The van der Waals surface area contributed by atoms with Crippen molar-refractivity contribution in [1.82, 2.24) is 20.0 Å². The molecule has 0 radical (unpaired) electrons. The quantitative estimate of drug-likeness (QED) is 0.257. The van der Waals surface area contributed by atoms with Crippen molar-refractivity contribution in [2.45, 2.75) is 68.4 Å². The Morgan fingerprint density at radius 3 is 2.44 bits per heavy atom. The van der Waals surface area contributed by atoms with Crippen LogP contribution in [0.4, 0.5) is 8.78 Å². The third-order valence-electron chi connectivity index (χ3n) is 10.2. The number of halogens is 2. The van der Waals surface area contributed by atoms with Gasteiger partial charge in [-0.05, 0) is 55.3 Å². The summed E-state index contributed by atoms with van der Waals surface area (Å²) in [6.45, 7) is 11.9. The Bertz CT molecular complexity index is 1950. The lowest BCUT2D eigenvalue weighted by Gasteiger charge is -2.39. The summed E-state index contributed by atoms with van der Waals surface area (Å²) in [5.74, 6) is -1.80. The predicted molar refractivity (Wildman–Crippen MR) is 180 cm³/mol. The number of nitrogens with one attached hydrogen (secondary N) is 1. The molecule has 3 saturated heterocycles. The van der Waals surface area contributed by atoms with Gasteiger partial charge in [0.25, 0.3) is 11.9 Å². The van der Waals surface area contributed by atoms with Crippen LogP contribution in [-0.4, -0.2) is 98.5 Å². The van der Waals surface area contributed by atoms with Crippen molar-refractivity contribution in [3.05, 3.63) is 82.0 Å². The molecule has 0 bridgehead atoms. The van der Waals surface area contributed by atoms with E-state index < -0.39 is 54.2 Å². The molecule has 264 valence electrons. The van der Waals surface area contributed by atoms with Crippen LogP contribution in [0.25, 0.3) is 14.9 Å². The van der Waals surface area contributed by atoms with E-state index in [2.05, 4.69) is 10.2 Å². The highest BCUT2D eigenvalue weighted by Crippen LogP contribution is 2.59. The van der Waals surface area contributed by atoms with Crippen LogP contribution in [-0.2, 0) is 30.0 Å². The van der Waals surface area contributed by atoms with Crippen LogP contribution in [0.5, 0.6) is 0 Å². The first-order valence-corrected chi connectivity index (χ1v) is 18.5. The van der Waals surface area contributed by atoms with Gasteiger partial charge in [-0.2, -0.15) is 8.78 Å². The maximum Gasteiger partial charge on any atom is 0.399 e. The number of hydrogen-bond donors (Lipinski definition) is 3. The fraction of sp³-hybridized carbons (Fsp3) is 0.441. The first-order chi connectivity index (χ1) is 23.5. The third kappa shape index (κ3) is 6.30. The minimum atomic E-state index is -5.81. The van der Waals surface area contributed by atoms with Gasteiger partial charge in [0.1, 0.15) is 12.1 Å². The number of carbonyl (C=O) groups is 4. The summed E-state index contributed by atoms with van der Waals surface area (Å²) in [6, 6.07) is 11.0. The van der Waals surface area contributed by atoms with Crippen LogP contribution in [0.15, 0.2) is 54.6 Å². The lowest BCUT2D eigenvalue weighted by atomic mass is 9.78. The van der Waals surface area contributed by atoms with E-state index in [0.29, 0.717) is 37.1 Å². The standard InChI is InChI=1S/C34H36F2N5O7PS/c1-20(42)39-14-13-24-10-11-26(32(45)40-18-29(37-3)33(2,19-40)22-7-5-4-6-8-22)41(24)31(44)25(17-39)38-30(43)28-16-21-15-23(9-12-27(21)50-28)34(35,36)49(46,47)48/h4-9,12,15-16,24-26,29H,10-11,13-14,17-19H2,1-2H3,(H,38,43)(H2,46,47,48)/t24-,25+,26+,29-,33+/m1/s1. The van der Waals surface area contributed by atoms with E-state index in [-0.39, 0.29) is 41.2 Å². The van der Waals surface area contributed by atoms with Crippen LogP contribution in [0.2, 0.25) is 0 Å². The van der Waals surface area contributed by atoms with Crippen LogP contribution in [0.1, 0.15) is 53.9 Å². The molecule has 4 heterocycles. The number of hydrogen-bond acceptors (Lipinski definition) is 6. The highest BCUT2D eigenvalue weighted by molar-refractivity contribution is 7.52. The highest BCUT2D eigenvalue weighted by atomic mass is 32.1. The van der Waals surface area contributed by atoms with Gasteiger partial charge in [0, 0.05) is 42.9 Å². The van der Waals surface area contributed by atoms with E-state index in [4.69, 9.17) is 16.4 Å². The number of alkyl halides is 2. The van der Waals surface area contributed by atoms with Gasteiger partial charge in [-0.1, -0.05) is 36.4 Å². The average Bonchev–Trinajstić information content (AvgIpc) is 3.79. The number of fused-ring (bicyclic) bond motifs is 2. The Balaban J connectivity index is 1.25. The van der Waals surface area contributed by atoms with Crippen molar-refractivity contribution in [1.29, 1.82) is 0 Å². The summed E-state index contributed by atoms with van der Waals surface area (Å²) in [5.41, 5.74) is -5.00. The second-order valence-electron chi connectivity index (χ2n) is 13.4. The SMILES string of the molecule is [C-]#[N+][C@@H]1CN(C(=O)[C@@H]2CC[C@@H]3CCN(C(C)=O)C[C@H](NC(=O)c4cc5cc(C(F)(F)P(=O)(O)O)ccc5s4)C(=O)N32)C[C@@]1(C)c1ccccc1. The molecular formula is C34H36F2N5O7PS. The molecule has 12 nitrogen and oxygen atoms in total. The molecule has 3 aliphatic rings. The molecule has 3 N–H and O–H groups in total. The molecule has 0 saturated carbocycles. The van der Waals surface area contributed by atoms with Crippen molar-refractivity contribution in [2.75, 3.05) is 26.2 Å². The van der Waals surface area contributed by atoms with Gasteiger partial charge in [-0.15, -0.1) is 11.3 Å². The zero-order valence-corrected chi connectivity index (χ0v) is 29.0. The maximum absolute atomic E-state index is 14.4. The molecule has 4 amide bonds. The predicted octanol–water partition coefficient (Wildman–Crippen LogP) is 3.93. The zero-order valence-electron chi connectivity index (χ0n) is 27.3. The minimum Gasteiger partial charge on any atom is -0.340 e. The van der Waals surface area contributed by atoms with E-state index in [1.165, 1.54) is 28.9 Å². The molecule has 0 spiro atoms. The first kappa shape index (κ1) is 35.6. The number of thiophene rings is 1. The van der Waals surface area contributed by atoms with Gasteiger partial charge >= 0.3 is 13.3 Å². The van der Waals surface area contributed by atoms with E-state index in [0.717, 1.165) is 29.0 Å². The second kappa shape index (κ2) is 13.2. The average molecular weight is 728 g/mol. The Labute approximate surface area is 291 Å². The third-order valence-corrected chi connectivity index (χ3v) is 12.3. The van der Waals surface area contributed by atoms with Gasteiger partial charge in [0.2, 0.25) is 17.7 Å². The Morgan fingerprint density at radius 1 is 1.06 bits per heavy atom. The number of rotatable bonds is 6. The smallest absolute Gasteiger partial charge is 0.340 e. The lowest BCUT2D eigenvalue weighted by molar-refractivity contribution is -0.148. The van der Waals surface area contributed by atoms with Gasteiger partial charge in [-0.25, -0.2) is 6.57 Å². The van der Waals surface area contributed by atoms with E-state index in [1.807, 2.05) is 37.3 Å². The lowest BCUT2D eigenvalue weighted by Crippen LogP contribution is -2.61. The summed E-state index contributed by atoms with van der Waals surface area (Å²) in [5, 5.41) is 2.86. The molecule has 3 fully saturated rings. The molecule has 6 rings (SSSR count). The van der Waals surface area contributed by atoms with Crippen molar-refractivity contribution in [2.24, 2.45) is 0 Å². The number of benzene rings is 2. The van der Waals surface area contributed by atoms with Crippen molar-refractivity contribution < 1.29 is 42.3 Å². The number of amides is 4. The number of nitrogens with zero attached hydrogens (tertiary/aromatic N) is 4. The van der Waals surface area contributed by atoms with Crippen LogP contribution in [0.3, 0.4) is 0 Å². The summed E-state index contributed by atoms with van der Waals surface area (Å²) in [4.78, 5) is 81.5. The Kier molecular flexibility index (Phi) is 9.37. The Morgan fingerprint density at radius 2 is 1.78 bits per heavy atom. The molecule has 0 aliphatic carbocycles. The zero-order chi connectivity index (χ0) is 36.2. The highest BCUT2D eigenvalue weighted by Gasteiger charge is 2.54. The molecular weight excluding hydrogens is 691 g/mol. The molecule has 2 aromatic carbocycles. The van der Waals surface area contributed by atoms with Gasteiger partial charge < -0.3 is 34.6 Å². The van der Waals surface area contributed by atoms with Crippen molar-refractivity contribution >= 4 is 52.6 Å². The van der Waals surface area contributed by atoms with Crippen LogP contribution >= 0.6 is 18.9 Å². The normalized spacial score (nSPS) is 25.9.